The molecule has 4 rings (SSSR count). The summed E-state index contributed by atoms with van der Waals surface area (Å²) in [5, 5.41) is 15.6. The predicted octanol–water partition coefficient (Wildman–Crippen LogP) is 3.84. The van der Waals surface area contributed by atoms with Gasteiger partial charge < -0.3 is 10.6 Å². The van der Waals surface area contributed by atoms with E-state index in [0.717, 1.165) is 30.8 Å². The van der Waals surface area contributed by atoms with Gasteiger partial charge in [-0.1, -0.05) is 34.5 Å². The minimum Gasteiger partial charge on any atom is -0.321 e. The summed E-state index contributed by atoms with van der Waals surface area (Å²) in [6.07, 6.45) is 0.955. The predicted molar refractivity (Wildman–Crippen MR) is 110 cm³/mol. The van der Waals surface area contributed by atoms with Crippen molar-refractivity contribution < 1.29 is 4.79 Å². The third-order valence-corrected chi connectivity index (χ3v) is 5.24. The van der Waals surface area contributed by atoms with E-state index in [1.54, 1.807) is 10.7 Å². The normalized spacial score (nSPS) is 13.2. The Morgan fingerprint density at radius 2 is 1.96 bits per heavy atom. The first-order valence-corrected chi connectivity index (χ1v) is 9.74. The smallest absolute Gasteiger partial charge is 0.278 e. The van der Waals surface area contributed by atoms with Gasteiger partial charge in [0.05, 0.1) is 12.2 Å². The van der Waals surface area contributed by atoms with Gasteiger partial charge >= 0.3 is 0 Å². The Labute approximate surface area is 172 Å². The lowest BCUT2D eigenvalue weighted by Gasteiger charge is -2.18. The average Bonchev–Trinajstić information content (AvgIpc) is 3.01. The number of hydrogen-bond acceptors (Lipinski definition) is 4. The van der Waals surface area contributed by atoms with E-state index in [1.165, 1.54) is 11.1 Å². The molecule has 1 aliphatic heterocycles. The van der Waals surface area contributed by atoms with Crippen LogP contribution in [0.25, 0.3) is 0 Å². The summed E-state index contributed by atoms with van der Waals surface area (Å²) in [6, 6.07) is 11.3. The van der Waals surface area contributed by atoms with E-state index in [-0.39, 0.29) is 5.91 Å². The average molecular weight is 416 g/mol. The summed E-state index contributed by atoms with van der Waals surface area (Å²) >= 11 is 12.1. The Kier molecular flexibility index (Phi) is 5.35. The zero-order valence-corrected chi connectivity index (χ0v) is 16.8. The minimum atomic E-state index is -0.276. The highest BCUT2D eigenvalue weighted by molar-refractivity contribution is 6.34. The van der Waals surface area contributed by atoms with Crippen LogP contribution in [0.3, 0.4) is 0 Å². The van der Waals surface area contributed by atoms with Gasteiger partial charge in [0.15, 0.2) is 5.69 Å². The van der Waals surface area contributed by atoms with Gasteiger partial charge in [-0.05, 0) is 66.9 Å². The largest absolute Gasteiger partial charge is 0.321 e. The summed E-state index contributed by atoms with van der Waals surface area (Å²) in [7, 11) is 0. The second-order valence-electron chi connectivity index (χ2n) is 6.82. The van der Waals surface area contributed by atoms with Gasteiger partial charge in [0.1, 0.15) is 0 Å². The monoisotopic (exact) mass is 415 g/mol. The summed E-state index contributed by atoms with van der Waals surface area (Å²) in [4.78, 5) is 12.7. The Morgan fingerprint density at radius 1 is 1.18 bits per heavy atom. The second kappa shape index (κ2) is 7.91. The second-order valence-corrected chi connectivity index (χ2v) is 7.70. The molecule has 28 heavy (non-hydrogen) atoms. The van der Waals surface area contributed by atoms with E-state index in [4.69, 9.17) is 23.2 Å². The zero-order valence-electron chi connectivity index (χ0n) is 15.3. The molecule has 144 valence electrons. The SMILES string of the molecule is Cc1c(C(=O)Nc2ccc3c(c2)CCNC3)nnn1Cc1cc(Cl)cc(Cl)c1. The van der Waals surface area contributed by atoms with Crippen molar-refractivity contribution in [3.63, 3.8) is 0 Å². The highest BCUT2D eigenvalue weighted by atomic mass is 35.5. The number of nitrogens with zero attached hydrogens (tertiary/aromatic N) is 3. The first-order chi connectivity index (χ1) is 13.5. The molecule has 3 aromatic rings. The van der Waals surface area contributed by atoms with Gasteiger partial charge in [0.2, 0.25) is 0 Å². The van der Waals surface area contributed by atoms with Crippen molar-refractivity contribution in [3.8, 4) is 0 Å². The number of amides is 1. The van der Waals surface area contributed by atoms with Gasteiger partial charge in [-0.15, -0.1) is 5.10 Å². The summed E-state index contributed by atoms with van der Waals surface area (Å²) < 4.78 is 1.66. The Hall–Kier alpha value is -2.41. The number of hydrogen-bond donors (Lipinski definition) is 2. The molecule has 0 radical (unpaired) electrons. The van der Waals surface area contributed by atoms with Crippen LogP contribution in [-0.4, -0.2) is 27.4 Å². The zero-order chi connectivity index (χ0) is 19.7. The molecule has 0 fully saturated rings. The van der Waals surface area contributed by atoms with Crippen molar-refractivity contribution in [2.24, 2.45) is 0 Å². The lowest BCUT2D eigenvalue weighted by Crippen LogP contribution is -2.23. The van der Waals surface area contributed by atoms with Gasteiger partial charge in [0, 0.05) is 22.3 Å². The highest BCUT2D eigenvalue weighted by Gasteiger charge is 2.18. The van der Waals surface area contributed by atoms with Crippen molar-refractivity contribution in [1.29, 1.82) is 0 Å². The van der Waals surface area contributed by atoms with E-state index >= 15 is 0 Å². The van der Waals surface area contributed by atoms with E-state index in [1.807, 2.05) is 37.3 Å². The molecule has 2 N–H and O–H groups in total. The number of aromatic nitrogens is 3. The standard InChI is InChI=1S/C20H19Cl2N5O/c1-12-19(25-26-27(12)11-13-6-16(21)9-17(22)7-13)20(28)24-18-3-2-15-10-23-5-4-14(15)8-18/h2-3,6-9,23H,4-5,10-11H2,1H3,(H,24,28). The van der Waals surface area contributed by atoms with Gasteiger partial charge in [-0.3, -0.25) is 4.79 Å². The quantitative estimate of drug-likeness (QED) is 0.678. The van der Waals surface area contributed by atoms with Gasteiger partial charge in [-0.25, -0.2) is 4.68 Å². The molecule has 0 spiro atoms. The van der Waals surface area contributed by atoms with Crippen LogP contribution in [-0.2, 0) is 19.5 Å². The number of carbonyl (C=O) groups is 1. The third kappa shape index (κ3) is 4.04. The molecule has 0 aliphatic carbocycles. The molecule has 8 heteroatoms. The van der Waals surface area contributed by atoms with Gasteiger partial charge in [0.25, 0.3) is 5.91 Å². The number of anilines is 1. The third-order valence-electron chi connectivity index (χ3n) is 4.80. The Balaban J connectivity index is 1.51. The van der Waals surface area contributed by atoms with Crippen molar-refractivity contribution >= 4 is 34.8 Å². The van der Waals surface area contributed by atoms with E-state index in [0.29, 0.717) is 28.0 Å². The van der Waals surface area contributed by atoms with Crippen LogP contribution in [0.1, 0.15) is 32.9 Å². The van der Waals surface area contributed by atoms with Crippen LogP contribution in [0.2, 0.25) is 10.0 Å². The molecular weight excluding hydrogens is 397 g/mol. The van der Waals surface area contributed by atoms with Crippen LogP contribution in [0.15, 0.2) is 36.4 Å². The molecule has 0 bridgehead atoms. The van der Waals surface area contributed by atoms with E-state index in [9.17, 15) is 4.79 Å². The van der Waals surface area contributed by atoms with Crippen LogP contribution in [0.4, 0.5) is 5.69 Å². The molecule has 1 aliphatic rings. The minimum absolute atomic E-state index is 0.276. The summed E-state index contributed by atoms with van der Waals surface area (Å²) in [5.74, 6) is -0.276. The van der Waals surface area contributed by atoms with Crippen LogP contribution in [0, 0.1) is 6.92 Å². The van der Waals surface area contributed by atoms with Crippen molar-refractivity contribution in [2.75, 3.05) is 11.9 Å². The van der Waals surface area contributed by atoms with Crippen LogP contribution < -0.4 is 10.6 Å². The first-order valence-electron chi connectivity index (χ1n) is 8.98. The topological polar surface area (TPSA) is 71.8 Å². The lowest BCUT2D eigenvalue weighted by molar-refractivity contribution is 0.102. The maximum Gasteiger partial charge on any atom is 0.278 e. The molecule has 2 aromatic carbocycles. The summed E-state index contributed by atoms with van der Waals surface area (Å²) in [6.45, 7) is 4.06. The van der Waals surface area contributed by atoms with Crippen molar-refractivity contribution in [1.82, 2.24) is 20.3 Å². The molecule has 0 unspecified atom stereocenters. The van der Waals surface area contributed by atoms with Crippen LogP contribution >= 0.6 is 23.2 Å². The number of nitrogens with one attached hydrogen (secondary N) is 2. The molecule has 6 nitrogen and oxygen atoms in total. The lowest BCUT2D eigenvalue weighted by atomic mass is 10.0. The maximum atomic E-state index is 12.7. The number of halogens is 2. The molecular formula is C20H19Cl2N5O. The fourth-order valence-corrected chi connectivity index (χ4v) is 3.91. The maximum absolute atomic E-state index is 12.7. The molecule has 1 amide bonds. The number of rotatable bonds is 4. The number of carbonyl (C=O) groups excluding carboxylic acids is 1. The van der Waals surface area contributed by atoms with Crippen molar-refractivity contribution in [2.45, 2.75) is 26.4 Å². The molecule has 0 saturated carbocycles. The fourth-order valence-electron chi connectivity index (χ4n) is 3.34. The number of benzene rings is 2. The fraction of sp³-hybridized carbons (Fsp3) is 0.250. The Bertz CT molecular complexity index is 1030. The number of fused-ring (bicyclic) bond motifs is 1. The van der Waals surface area contributed by atoms with Gasteiger partial charge in [-0.2, -0.15) is 0 Å². The molecule has 0 atom stereocenters. The first kappa shape index (κ1) is 18.9. The molecule has 0 saturated heterocycles. The van der Waals surface area contributed by atoms with Crippen LogP contribution in [0.5, 0.6) is 0 Å². The highest BCUT2D eigenvalue weighted by Crippen LogP contribution is 2.21. The summed E-state index contributed by atoms with van der Waals surface area (Å²) in [5.41, 5.74) is 5.16. The van der Waals surface area contributed by atoms with Crippen molar-refractivity contribution in [3.05, 3.63) is 74.5 Å². The molecule has 2 heterocycles. The van der Waals surface area contributed by atoms with E-state index in [2.05, 4.69) is 20.9 Å². The Morgan fingerprint density at radius 3 is 2.75 bits per heavy atom. The van der Waals surface area contributed by atoms with E-state index < -0.39 is 0 Å². The molecule has 1 aromatic heterocycles.